The monoisotopic (exact) mass is 558 g/mol. The summed E-state index contributed by atoms with van der Waals surface area (Å²) in [7, 11) is 4.62. The van der Waals surface area contributed by atoms with Crippen LogP contribution in [0.1, 0.15) is 10.4 Å². The molecule has 1 saturated heterocycles. The number of hydrogen-bond donors (Lipinski definition) is 2. The zero-order valence-corrected chi connectivity index (χ0v) is 22.9. The van der Waals surface area contributed by atoms with Gasteiger partial charge in [-0.15, -0.1) is 0 Å². The van der Waals surface area contributed by atoms with Crippen LogP contribution < -0.4 is 34.5 Å². The Kier molecular flexibility index (Phi) is 8.60. The number of aromatic nitrogens is 3. The van der Waals surface area contributed by atoms with Crippen LogP contribution in [-0.2, 0) is 4.74 Å². The minimum Gasteiger partial charge on any atom is -0.497 e. The molecule has 41 heavy (non-hydrogen) atoms. The Morgan fingerprint density at radius 2 is 1.51 bits per heavy atom. The van der Waals surface area contributed by atoms with Crippen LogP contribution in [0.15, 0.2) is 67.0 Å². The van der Waals surface area contributed by atoms with Crippen LogP contribution >= 0.6 is 0 Å². The summed E-state index contributed by atoms with van der Waals surface area (Å²) >= 11 is 0. The number of nitrogens with zero attached hydrogens (tertiary/aromatic N) is 4. The number of carbonyl (C=O) groups excluding carboxylic acids is 1. The lowest BCUT2D eigenvalue weighted by atomic mass is 10.2. The zero-order chi connectivity index (χ0) is 28.6. The van der Waals surface area contributed by atoms with E-state index in [1.165, 1.54) is 20.4 Å². The number of rotatable bonds is 10. The maximum atomic E-state index is 13.2. The average molecular weight is 559 g/mol. The summed E-state index contributed by atoms with van der Waals surface area (Å²) in [5.41, 5.74) is 1.28. The van der Waals surface area contributed by atoms with Crippen LogP contribution in [0.4, 0.5) is 23.1 Å². The molecule has 3 heterocycles. The fourth-order valence-corrected chi connectivity index (χ4v) is 4.05. The highest BCUT2D eigenvalue weighted by Gasteiger charge is 2.17. The lowest BCUT2D eigenvalue weighted by molar-refractivity contribution is 0.102. The molecule has 1 aliphatic rings. The quantitative estimate of drug-likeness (QED) is 0.285. The highest BCUT2D eigenvalue weighted by Crippen LogP contribution is 2.31. The maximum Gasteiger partial charge on any atom is 0.256 e. The standard InChI is InChI=1S/C29H30N6O6/c1-37-21-5-7-22(8-6-21)41-28-25(33-27(36)19-14-23(38-2)16-24(15-19)39-3)18-31-29(34-28)32-20-4-9-26(30-17-20)35-10-12-40-13-11-35/h4-9,14-18H,10-13H2,1-3H3,(H,33,36)(H,31,32,34). The van der Waals surface area contributed by atoms with E-state index in [1.807, 2.05) is 12.1 Å². The van der Waals surface area contributed by atoms with Gasteiger partial charge in [-0.05, 0) is 48.5 Å². The maximum absolute atomic E-state index is 13.2. The fraction of sp³-hybridized carbons (Fsp3) is 0.241. The minimum absolute atomic E-state index is 0.133. The summed E-state index contributed by atoms with van der Waals surface area (Å²) in [6.07, 6.45) is 3.18. The first-order valence-electron chi connectivity index (χ1n) is 12.8. The molecule has 212 valence electrons. The van der Waals surface area contributed by atoms with Crippen molar-refractivity contribution in [1.29, 1.82) is 0 Å². The van der Waals surface area contributed by atoms with E-state index in [4.69, 9.17) is 23.7 Å². The van der Waals surface area contributed by atoms with Crippen LogP contribution in [0.2, 0.25) is 0 Å². The Labute approximate surface area is 237 Å². The molecule has 0 radical (unpaired) electrons. The SMILES string of the molecule is COc1ccc(Oc2nc(Nc3ccc(N4CCOCC4)nc3)ncc2NC(=O)c2cc(OC)cc(OC)c2)cc1. The Morgan fingerprint density at radius 1 is 0.829 bits per heavy atom. The molecule has 0 atom stereocenters. The van der Waals surface area contributed by atoms with Crippen LogP contribution in [0.3, 0.4) is 0 Å². The summed E-state index contributed by atoms with van der Waals surface area (Å²) in [4.78, 5) is 28.8. The molecular weight excluding hydrogens is 528 g/mol. The second kappa shape index (κ2) is 12.8. The molecule has 2 aromatic carbocycles. The molecule has 1 fully saturated rings. The third kappa shape index (κ3) is 6.92. The second-order valence-electron chi connectivity index (χ2n) is 8.87. The van der Waals surface area contributed by atoms with Crippen molar-refractivity contribution in [1.82, 2.24) is 15.0 Å². The van der Waals surface area contributed by atoms with Crippen LogP contribution in [0.5, 0.6) is 28.9 Å². The van der Waals surface area contributed by atoms with Gasteiger partial charge in [-0.25, -0.2) is 9.97 Å². The van der Waals surface area contributed by atoms with E-state index in [0.717, 1.165) is 18.9 Å². The van der Waals surface area contributed by atoms with E-state index in [-0.39, 0.29) is 17.5 Å². The van der Waals surface area contributed by atoms with Crippen molar-refractivity contribution in [2.75, 3.05) is 63.2 Å². The fourth-order valence-electron chi connectivity index (χ4n) is 4.05. The van der Waals surface area contributed by atoms with Gasteiger partial charge >= 0.3 is 0 Å². The van der Waals surface area contributed by atoms with Crippen LogP contribution in [0, 0.1) is 0 Å². The topological polar surface area (TPSA) is 129 Å². The zero-order valence-electron chi connectivity index (χ0n) is 22.9. The van der Waals surface area contributed by atoms with E-state index in [2.05, 4.69) is 30.5 Å². The summed E-state index contributed by atoms with van der Waals surface area (Å²) in [6.45, 7) is 2.96. The third-order valence-corrected chi connectivity index (χ3v) is 6.23. The minimum atomic E-state index is -0.422. The Balaban J connectivity index is 1.39. The highest BCUT2D eigenvalue weighted by atomic mass is 16.5. The molecule has 0 unspecified atom stereocenters. The number of benzene rings is 2. The first-order valence-corrected chi connectivity index (χ1v) is 12.8. The van der Waals surface area contributed by atoms with Crippen molar-refractivity contribution in [3.05, 3.63) is 72.6 Å². The lowest BCUT2D eigenvalue weighted by Crippen LogP contribution is -2.36. The second-order valence-corrected chi connectivity index (χ2v) is 8.87. The molecule has 0 aliphatic carbocycles. The Morgan fingerprint density at radius 3 is 2.15 bits per heavy atom. The number of nitrogens with one attached hydrogen (secondary N) is 2. The predicted octanol–water partition coefficient (Wildman–Crippen LogP) is 4.52. The molecule has 5 rings (SSSR count). The van der Waals surface area contributed by atoms with Gasteiger partial charge < -0.3 is 39.2 Å². The van der Waals surface area contributed by atoms with E-state index in [0.29, 0.717) is 47.5 Å². The summed E-state index contributed by atoms with van der Waals surface area (Å²) < 4.78 is 27.3. The molecule has 2 N–H and O–H groups in total. The van der Waals surface area contributed by atoms with Crippen molar-refractivity contribution in [2.24, 2.45) is 0 Å². The number of amides is 1. The van der Waals surface area contributed by atoms with Crippen LogP contribution in [-0.4, -0.2) is 68.5 Å². The first kappa shape index (κ1) is 27.5. The van der Waals surface area contributed by atoms with Crippen LogP contribution in [0.25, 0.3) is 0 Å². The predicted molar refractivity (Wildman–Crippen MR) is 153 cm³/mol. The summed E-state index contributed by atoms with van der Waals surface area (Å²) in [5.74, 6) is 2.97. The van der Waals surface area contributed by atoms with Gasteiger partial charge in [-0.1, -0.05) is 0 Å². The highest BCUT2D eigenvalue weighted by molar-refractivity contribution is 6.05. The molecular formula is C29H30N6O6. The molecule has 0 spiro atoms. The van der Waals surface area contributed by atoms with Gasteiger partial charge in [0.05, 0.1) is 52.6 Å². The van der Waals surface area contributed by atoms with Gasteiger partial charge in [0.2, 0.25) is 11.8 Å². The Hall–Kier alpha value is -5.10. The van der Waals surface area contributed by atoms with E-state index < -0.39 is 5.91 Å². The van der Waals surface area contributed by atoms with E-state index in [1.54, 1.807) is 55.8 Å². The number of ether oxygens (including phenoxy) is 5. The molecule has 2 aromatic heterocycles. The van der Waals surface area contributed by atoms with Gasteiger partial charge in [0.1, 0.15) is 34.5 Å². The summed E-state index contributed by atoms with van der Waals surface area (Å²) in [5, 5.41) is 5.97. The molecule has 12 nitrogen and oxygen atoms in total. The van der Waals surface area contributed by atoms with E-state index in [9.17, 15) is 4.79 Å². The first-order chi connectivity index (χ1) is 20.0. The number of hydrogen-bond acceptors (Lipinski definition) is 11. The van der Waals surface area contributed by atoms with Crippen molar-refractivity contribution in [3.63, 3.8) is 0 Å². The average Bonchev–Trinajstić information content (AvgIpc) is 3.03. The van der Waals surface area contributed by atoms with Crippen molar-refractivity contribution >= 4 is 29.0 Å². The lowest BCUT2D eigenvalue weighted by Gasteiger charge is -2.27. The largest absolute Gasteiger partial charge is 0.497 e. The smallest absolute Gasteiger partial charge is 0.256 e. The molecule has 0 bridgehead atoms. The van der Waals surface area contributed by atoms with Gasteiger partial charge in [0, 0.05) is 24.7 Å². The molecule has 4 aromatic rings. The third-order valence-electron chi connectivity index (χ3n) is 6.23. The van der Waals surface area contributed by atoms with Gasteiger partial charge in [-0.2, -0.15) is 4.98 Å². The van der Waals surface area contributed by atoms with Crippen molar-refractivity contribution in [2.45, 2.75) is 0 Å². The van der Waals surface area contributed by atoms with Gasteiger partial charge in [0.15, 0.2) is 0 Å². The van der Waals surface area contributed by atoms with Gasteiger partial charge in [0.25, 0.3) is 5.91 Å². The summed E-state index contributed by atoms with van der Waals surface area (Å²) in [6, 6.07) is 15.7. The van der Waals surface area contributed by atoms with E-state index >= 15 is 0 Å². The Bertz CT molecular complexity index is 1450. The number of methoxy groups -OCH3 is 3. The number of anilines is 4. The molecule has 0 saturated carbocycles. The molecule has 1 amide bonds. The molecule has 1 aliphatic heterocycles. The number of pyridine rings is 1. The van der Waals surface area contributed by atoms with Crippen molar-refractivity contribution < 1.29 is 28.5 Å². The van der Waals surface area contributed by atoms with Gasteiger partial charge in [-0.3, -0.25) is 4.79 Å². The number of carbonyl (C=O) groups is 1. The number of morpholine rings is 1. The normalized spacial score (nSPS) is 12.8. The van der Waals surface area contributed by atoms with Crippen molar-refractivity contribution in [3.8, 4) is 28.9 Å². The molecule has 12 heteroatoms.